The number of thioether (sulfide) groups is 1. The Bertz CT molecular complexity index is 1110. The van der Waals surface area contributed by atoms with Crippen molar-refractivity contribution in [1.82, 2.24) is 19.1 Å². The number of H-pyrrole nitrogens is 1. The van der Waals surface area contributed by atoms with E-state index in [1.54, 1.807) is 11.6 Å². The van der Waals surface area contributed by atoms with Crippen molar-refractivity contribution in [3.8, 4) is 5.75 Å². The normalized spacial score (nSPS) is 12.6. The van der Waals surface area contributed by atoms with Crippen LogP contribution < -0.4 is 16.0 Å². The lowest BCUT2D eigenvalue weighted by Gasteiger charge is -2.15. The van der Waals surface area contributed by atoms with E-state index in [1.165, 1.54) is 21.9 Å². The Hall–Kier alpha value is -2.52. The minimum Gasteiger partial charge on any atom is -0.491 e. The maximum atomic E-state index is 12.5. The van der Waals surface area contributed by atoms with E-state index in [1.807, 2.05) is 24.3 Å². The Balaban J connectivity index is 1.85. The smallest absolute Gasteiger partial charge is 0.329 e. The van der Waals surface area contributed by atoms with Crippen molar-refractivity contribution in [2.24, 2.45) is 13.0 Å². The minimum absolute atomic E-state index is 0.0725. The molecule has 30 heavy (non-hydrogen) atoms. The summed E-state index contributed by atoms with van der Waals surface area (Å²) in [5.74, 6) is 1.90. The summed E-state index contributed by atoms with van der Waals surface area (Å²) >= 11 is 1.50. The van der Waals surface area contributed by atoms with Gasteiger partial charge in [0.15, 0.2) is 16.3 Å². The van der Waals surface area contributed by atoms with E-state index >= 15 is 0 Å². The Morgan fingerprint density at radius 3 is 2.57 bits per heavy atom. The predicted molar refractivity (Wildman–Crippen MR) is 118 cm³/mol. The topological polar surface area (TPSA) is 102 Å². The Kier molecular flexibility index (Phi) is 7.04. The van der Waals surface area contributed by atoms with Crippen LogP contribution in [-0.4, -0.2) is 42.7 Å². The van der Waals surface area contributed by atoms with Crippen LogP contribution in [0.3, 0.4) is 0 Å². The molecular weight excluding hydrogens is 404 g/mol. The van der Waals surface area contributed by atoms with Crippen LogP contribution in [0.15, 0.2) is 39.0 Å². The number of rotatable bonds is 9. The van der Waals surface area contributed by atoms with Gasteiger partial charge in [0.25, 0.3) is 5.56 Å². The second-order valence-electron chi connectivity index (χ2n) is 7.66. The van der Waals surface area contributed by atoms with Gasteiger partial charge in [0, 0.05) is 12.8 Å². The number of nitrogens with one attached hydrogen (secondary N) is 1. The molecule has 0 spiro atoms. The molecule has 2 heterocycles. The first kappa shape index (κ1) is 22.2. The van der Waals surface area contributed by atoms with Gasteiger partial charge < -0.3 is 14.4 Å². The lowest BCUT2D eigenvalue weighted by Crippen LogP contribution is -2.30. The number of aliphatic hydroxyl groups is 1. The minimum atomic E-state index is -0.858. The first-order valence-corrected chi connectivity index (χ1v) is 11.0. The van der Waals surface area contributed by atoms with Gasteiger partial charge in [0.2, 0.25) is 0 Å². The van der Waals surface area contributed by atoms with Crippen molar-refractivity contribution >= 4 is 22.9 Å². The van der Waals surface area contributed by atoms with E-state index in [0.717, 1.165) is 12.2 Å². The third-order valence-corrected chi connectivity index (χ3v) is 6.09. The number of aromatic nitrogens is 4. The van der Waals surface area contributed by atoms with Crippen molar-refractivity contribution < 1.29 is 9.84 Å². The number of ether oxygens (including phenoxy) is 1. The highest BCUT2D eigenvalue weighted by Gasteiger charge is 2.20. The van der Waals surface area contributed by atoms with Gasteiger partial charge in [-0.05, 0) is 30.0 Å². The fourth-order valence-electron chi connectivity index (χ4n) is 3.01. The zero-order valence-electron chi connectivity index (χ0n) is 17.7. The second kappa shape index (κ2) is 9.53. The molecule has 0 saturated heterocycles. The van der Waals surface area contributed by atoms with Gasteiger partial charge in [-0.25, -0.2) is 9.78 Å². The van der Waals surface area contributed by atoms with Crippen molar-refractivity contribution in [2.45, 2.75) is 45.0 Å². The van der Waals surface area contributed by atoms with Crippen molar-refractivity contribution in [3.05, 3.63) is 50.7 Å². The van der Waals surface area contributed by atoms with E-state index < -0.39 is 17.4 Å². The molecule has 1 aromatic carbocycles. The quantitative estimate of drug-likeness (QED) is 0.503. The van der Waals surface area contributed by atoms with Gasteiger partial charge in [0.05, 0.1) is 6.54 Å². The molecule has 2 N–H and O–H groups in total. The molecule has 0 aliphatic heterocycles. The van der Waals surface area contributed by atoms with Gasteiger partial charge in [-0.2, -0.15) is 0 Å². The van der Waals surface area contributed by atoms with Crippen LogP contribution in [0, 0.1) is 5.92 Å². The summed E-state index contributed by atoms with van der Waals surface area (Å²) in [7, 11) is 1.56. The summed E-state index contributed by atoms with van der Waals surface area (Å²) in [6.07, 6.45) is 0.0908. The Labute approximate surface area is 178 Å². The van der Waals surface area contributed by atoms with Gasteiger partial charge in [-0.15, -0.1) is 0 Å². The number of aliphatic hydroxyl groups excluding tert-OH is 1. The molecule has 3 rings (SSSR count). The van der Waals surface area contributed by atoms with Crippen LogP contribution in [0.1, 0.15) is 26.3 Å². The zero-order valence-corrected chi connectivity index (χ0v) is 18.5. The highest BCUT2D eigenvalue weighted by molar-refractivity contribution is 7.99. The number of benzene rings is 1. The van der Waals surface area contributed by atoms with Crippen LogP contribution in [0.25, 0.3) is 11.2 Å². The molecule has 3 aromatic rings. The average Bonchev–Trinajstić information content (AvgIpc) is 3.08. The summed E-state index contributed by atoms with van der Waals surface area (Å²) in [5, 5.41) is 11.2. The van der Waals surface area contributed by atoms with E-state index in [2.05, 4.69) is 30.7 Å². The van der Waals surface area contributed by atoms with Gasteiger partial charge >= 0.3 is 5.69 Å². The first-order chi connectivity index (χ1) is 14.3. The number of hydrogen-bond donors (Lipinski definition) is 2. The maximum absolute atomic E-state index is 12.5. The molecule has 0 bridgehead atoms. The third-order valence-electron chi connectivity index (χ3n) is 4.69. The highest BCUT2D eigenvalue weighted by Crippen LogP contribution is 2.24. The molecule has 0 amide bonds. The standard InChI is InChI=1S/C21H28N4O4S/c1-5-14-6-8-16(9-7-14)29-11-15(26)10-25-17-18(22-21(25)30-12-13(2)3)24(4)20(28)23-19(17)27/h6-9,13,15,26H,5,10-12H2,1-4H3,(H,23,27,28)/t15-/m1/s1. The molecule has 0 fully saturated rings. The van der Waals surface area contributed by atoms with E-state index in [9.17, 15) is 14.7 Å². The number of imidazole rings is 1. The first-order valence-electron chi connectivity index (χ1n) is 10.0. The molecule has 0 aliphatic rings. The van der Waals surface area contributed by atoms with Crippen LogP contribution in [0.4, 0.5) is 0 Å². The van der Waals surface area contributed by atoms with Crippen LogP contribution >= 0.6 is 11.8 Å². The zero-order chi connectivity index (χ0) is 21.8. The third kappa shape index (κ3) is 4.96. The van der Waals surface area contributed by atoms with E-state index in [4.69, 9.17) is 4.74 Å². The lowest BCUT2D eigenvalue weighted by molar-refractivity contribution is 0.0913. The van der Waals surface area contributed by atoms with Crippen LogP contribution in [-0.2, 0) is 20.0 Å². The largest absolute Gasteiger partial charge is 0.491 e. The van der Waals surface area contributed by atoms with Crippen molar-refractivity contribution in [2.75, 3.05) is 12.4 Å². The number of nitrogens with zero attached hydrogens (tertiary/aromatic N) is 3. The molecule has 0 aliphatic carbocycles. The average molecular weight is 433 g/mol. The molecule has 8 nitrogen and oxygen atoms in total. The molecular formula is C21H28N4O4S. The van der Waals surface area contributed by atoms with Gasteiger partial charge in [0.1, 0.15) is 18.5 Å². The lowest BCUT2D eigenvalue weighted by atomic mass is 10.2. The molecule has 2 aromatic heterocycles. The van der Waals surface area contributed by atoms with Gasteiger partial charge in [-0.3, -0.25) is 14.3 Å². The molecule has 1 atom stereocenters. The van der Waals surface area contributed by atoms with Gasteiger partial charge in [-0.1, -0.05) is 44.7 Å². The molecule has 162 valence electrons. The van der Waals surface area contributed by atoms with Crippen molar-refractivity contribution in [1.29, 1.82) is 0 Å². The Morgan fingerprint density at radius 2 is 1.93 bits per heavy atom. The Morgan fingerprint density at radius 1 is 1.23 bits per heavy atom. The summed E-state index contributed by atoms with van der Waals surface area (Å²) in [5.41, 5.74) is 0.759. The summed E-state index contributed by atoms with van der Waals surface area (Å²) in [6, 6.07) is 7.74. The molecule has 0 saturated carbocycles. The van der Waals surface area contributed by atoms with E-state index in [0.29, 0.717) is 22.5 Å². The fraction of sp³-hybridized carbons (Fsp3) is 0.476. The van der Waals surface area contributed by atoms with Crippen molar-refractivity contribution in [3.63, 3.8) is 0 Å². The summed E-state index contributed by atoms with van der Waals surface area (Å²) in [4.78, 5) is 31.3. The number of aryl methyl sites for hydroxylation is 2. The monoisotopic (exact) mass is 432 g/mol. The molecule has 0 radical (unpaired) electrons. The number of hydrogen-bond acceptors (Lipinski definition) is 6. The maximum Gasteiger partial charge on any atom is 0.329 e. The molecule has 9 heteroatoms. The SMILES string of the molecule is CCc1ccc(OC[C@H](O)Cn2c(SCC(C)C)nc3c2c(=O)[nH]c(=O)n3C)cc1. The highest BCUT2D eigenvalue weighted by atomic mass is 32.2. The fourth-order valence-corrected chi connectivity index (χ4v) is 3.97. The predicted octanol–water partition coefficient (Wildman–Crippen LogP) is 2.17. The van der Waals surface area contributed by atoms with Crippen LogP contribution in [0.2, 0.25) is 0 Å². The van der Waals surface area contributed by atoms with Crippen LogP contribution in [0.5, 0.6) is 5.75 Å². The summed E-state index contributed by atoms with van der Waals surface area (Å²) in [6.45, 7) is 6.47. The number of fused-ring (bicyclic) bond motifs is 1. The summed E-state index contributed by atoms with van der Waals surface area (Å²) < 4.78 is 8.69. The second-order valence-corrected chi connectivity index (χ2v) is 8.65. The van der Waals surface area contributed by atoms with E-state index in [-0.39, 0.29) is 18.7 Å². The number of aromatic amines is 1. The molecule has 0 unspecified atom stereocenters.